The van der Waals surface area contributed by atoms with Crippen molar-refractivity contribution in [3.63, 3.8) is 0 Å². The van der Waals surface area contributed by atoms with Crippen LogP contribution < -0.4 is 0 Å². The summed E-state index contributed by atoms with van der Waals surface area (Å²) in [6, 6.07) is 20.2. The second-order valence-corrected chi connectivity index (χ2v) is 7.92. The first-order chi connectivity index (χ1) is 16.5. The molecule has 168 valence electrons. The molecule has 5 rings (SSSR count). The summed E-state index contributed by atoms with van der Waals surface area (Å²) in [6.07, 6.45) is 0. The lowest BCUT2D eigenvalue weighted by Crippen LogP contribution is -2.29. The average Bonchev–Trinajstić information content (AvgIpc) is 3.42. The van der Waals surface area contributed by atoms with Gasteiger partial charge in [0.25, 0.3) is 17.7 Å². The third-order valence-corrected chi connectivity index (χ3v) is 5.64. The van der Waals surface area contributed by atoms with Crippen molar-refractivity contribution in [3.05, 3.63) is 106 Å². The van der Waals surface area contributed by atoms with Crippen molar-refractivity contribution in [2.45, 2.75) is 13.2 Å². The van der Waals surface area contributed by atoms with Gasteiger partial charge in [0.05, 0.1) is 33.8 Å². The maximum atomic E-state index is 12.5. The molecular formula is C25H16ClN3O5. The molecule has 1 aromatic heterocycles. The summed E-state index contributed by atoms with van der Waals surface area (Å²) in [5, 5.41) is 4.28. The molecule has 34 heavy (non-hydrogen) atoms. The number of fused-ring (bicyclic) bond motifs is 1. The second kappa shape index (κ2) is 8.92. The molecule has 0 spiro atoms. The summed E-state index contributed by atoms with van der Waals surface area (Å²) in [5.74, 6) is -0.809. The number of nitrogens with zero attached hydrogens (tertiary/aromatic N) is 3. The number of aromatic nitrogens is 2. The predicted molar refractivity (Wildman–Crippen MR) is 121 cm³/mol. The van der Waals surface area contributed by atoms with E-state index in [4.69, 9.17) is 20.9 Å². The Balaban J connectivity index is 1.20. The van der Waals surface area contributed by atoms with Crippen LogP contribution in [0.1, 0.15) is 42.5 Å². The smallest absolute Gasteiger partial charge is 0.338 e. The Hall–Kier alpha value is -4.30. The molecule has 4 aromatic rings. The minimum Gasteiger partial charge on any atom is -0.454 e. The number of esters is 1. The van der Waals surface area contributed by atoms with Gasteiger partial charge in [-0.2, -0.15) is 4.98 Å². The molecule has 8 nitrogen and oxygen atoms in total. The summed E-state index contributed by atoms with van der Waals surface area (Å²) in [5.41, 5.74) is 2.39. The molecule has 2 amide bonds. The minimum absolute atomic E-state index is 0.107. The number of ether oxygens (including phenoxy) is 1. The van der Waals surface area contributed by atoms with E-state index in [0.29, 0.717) is 32.8 Å². The number of carbonyl (C=O) groups is 3. The van der Waals surface area contributed by atoms with E-state index in [2.05, 4.69) is 10.1 Å². The monoisotopic (exact) mass is 473 g/mol. The SMILES string of the molecule is O=C(OCc1noc(-c2ccccc2Cl)n1)c1ccc(CN2C(=O)c3ccccc3C2=O)cc1. The molecule has 1 aliphatic heterocycles. The predicted octanol–water partition coefficient (Wildman–Crippen LogP) is 4.54. The van der Waals surface area contributed by atoms with Crippen LogP contribution in [0.5, 0.6) is 0 Å². The van der Waals surface area contributed by atoms with Crippen molar-refractivity contribution in [3.8, 4) is 11.5 Å². The summed E-state index contributed by atoms with van der Waals surface area (Å²) in [4.78, 5) is 42.8. The molecule has 0 unspecified atom stereocenters. The number of halogens is 1. The van der Waals surface area contributed by atoms with Crippen LogP contribution in [0.15, 0.2) is 77.3 Å². The molecule has 0 fully saturated rings. The maximum absolute atomic E-state index is 12.5. The second-order valence-electron chi connectivity index (χ2n) is 7.51. The topological polar surface area (TPSA) is 103 Å². The lowest BCUT2D eigenvalue weighted by atomic mass is 10.1. The van der Waals surface area contributed by atoms with E-state index in [-0.39, 0.29) is 36.7 Å². The van der Waals surface area contributed by atoms with Gasteiger partial charge in [-0.3, -0.25) is 14.5 Å². The Morgan fingerprint density at radius 1 is 0.882 bits per heavy atom. The van der Waals surface area contributed by atoms with Crippen molar-refractivity contribution < 1.29 is 23.6 Å². The molecule has 0 saturated heterocycles. The number of benzene rings is 3. The van der Waals surface area contributed by atoms with Crippen LogP contribution in [0.4, 0.5) is 0 Å². The first kappa shape index (κ1) is 21.5. The van der Waals surface area contributed by atoms with E-state index in [0.717, 1.165) is 0 Å². The summed E-state index contributed by atoms with van der Waals surface area (Å²) < 4.78 is 10.5. The van der Waals surface area contributed by atoms with E-state index in [1.165, 1.54) is 4.90 Å². The molecule has 0 saturated carbocycles. The number of rotatable bonds is 6. The van der Waals surface area contributed by atoms with Crippen LogP contribution in [0.2, 0.25) is 5.02 Å². The molecular weight excluding hydrogens is 458 g/mol. The van der Waals surface area contributed by atoms with Crippen molar-refractivity contribution in [2.75, 3.05) is 0 Å². The van der Waals surface area contributed by atoms with Gasteiger partial charge in [-0.1, -0.05) is 53.2 Å². The zero-order chi connectivity index (χ0) is 23.7. The third kappa shape index (κ3) is 4.06. The van der Waals surface area contributed by atoms with E-state index >= 15 is 0 Å². The minimum atomic E-state index is -0.573. The molecule has 2 heterocycles. The van der Waals surface area contributed by atoms with Gasteiger partial charge in [-0.25, -0.2) is 4.79 Å². The van der Waals surface area contributed by atoms with Gasteiger partial charge in [0, 0.05) is 0 Å². The summed E-state index contributed by atoms with van der Waals surface area (Å²) in [6.45, 7) is -0.0705. The Morgan fingerprint density at radius 2 is 1.50 bits per heavy atom. The van der Waals surface area contributed by atoms with E-state index in [1.54, 1.807) is 72.8 Å². The normalized spacial score (nSPS) is 12.7. The highest BCUT2D eigenvalue weighted by Gasteiger charge is 2.34. The number of imide groups is 1. The Bertz CT molecular complexity index is 1380. The van der Waals surface area contributed by atoms with E-state index < -0.39 is 5.97 Å². The average molecular weight is 474 g/mol. The molecule has 0 aliphatic carbocycles. The van der Waals surface area contributed by atoms with Gasteiger partial charge in [-0.15, -0.1) is 0 Å². The van der Waals surface area contributed by atoms with Crippen LogP contribution in [-0.2, 0) is 17.9 Å². The van der Waals surface area contributed by atoms with E-state index in [1.807, 2.05) is 0 Å². The highest BCUT2D eigenvalue weighted by molar-refractivity contribution is 6.33. The van der Waals surface area contributed by atoms with Crippen LogP contribution in [0.25, 0.3) is 11.5 Å². The summed E-state index contributed by atoms with van der Waals surface area (Å²) in [7, 11) is 0. The fraction of sp³-hybridized carbons (Fsp3) is 0.0800. The third-order valence-electron chi connectivity index (χ3n) is 5.31. The van der Waals surface area contributed by atoms with Crippen molar-refractivity contribution >= 4 is 29.4 Å². The summed E-state index contributed by atoms with van der Waals surface area (Å²) >= 11 is 6.13. The lowest BCUT2D eigenvalue weighted by molar-refractivity contribution is 0.0458. The fourth-order valence-corrected chi connectivity index (χ4v) is 3.80. The standard InChI is InChI=1S/C25H16ClN3O5/c26-20-8-4-3-7-19(20)22-27-21(28-34-22)14-33-25(32)16-11-9-15(10-12-16)13-29-23(30)17-5-1-2-6-18(17)24(29)31/h1-12H,13-14H2. The first-order valence-electron chi connectivity index (χ1n) is 10.3. The van der Waals surface area contributed by atoms with Gasteiger partial charge in [-0.05, 0) is 42.0 Å². The van der Waals surface area contributed by atoms with E-state index in [9.17, 15) is 14.4 Å². The number of hydrogen-bond acceptors (Lipinski definition) is 7. The zero-order valence-corrected chi connectivity index (χ0v) is 18.4. The largest absolute Gasteiger partial charge is 0.454 e. The molecule has 3 aromatic carbocycles. The molecule has 0 atom stereocenters. The van der Waals surface area contributed by atoms with Crippen molar-refractivity contribution in [2.24, 2.45) is 0 Å². The van der Waals surface area contributed by atoms with Crippen LogP contribution >= 0.6 is 11.6 Å². The van der Waals surface area contributed by atoms with Gasteiger partial charge in [0.15, 0.2) is 6.61 Å². The van der Waals surface area contributed by atoms with Crippen LogP contribution in [0.3, 0.4) is 0 Å². The molecule has 9 heteroatoms. The van der Waals surface area contributed by atoms with Crippen LogP contribution in [0, 0.1) is 0 Å². The van der Waals surface area contributed by atoms with Gasteiger partial charge in [0.1, 0.15) is 0 Å². The Kier molecular flexibility index (Phi) is 5.65. The van der Waals surface area contributed by atoms with Gasteiger partial charge in [0.2, 0.25) is 5.82 Å². The quantitative estimate of drug-likeness (QED) is 0.299. The maximum Gasteiger partial charge on any atom is 0.338 e. The Labute approximate surface area is 198 Å². The van der Waals surface area contributed by atoms with Gasteiger partial charge >= 0.3 is 5.97 Å². The van der Waals surface area contributed by atoms with Crippen molar-refractivity contribution in [1.29, 1.82) is 0 Å². The number of amides is 2. The Morgan fingerprint density at radius 3 is 2.15 bits per heavy atom. The highest BCUT2D eigenvalue weighted by atomic mass is 35.5. The van der Waals surface area contributed by atoms with Crippen molar-refractivity contribution in [1.82, 2.24) is 15.0 Å². The number of carbonyl (C=O) groups excluding carboxylic acids is 3. The first-order valence-corrected chi connectivity index (χ1v) is 10.7. The molecule has 0 N–H and O–H groups in total. The fourth-order valence-electron chi connectivity index (χ4n) is 3.58. The molecule has 1 aliphatic rings. The highest BCUT2D eigenvalue weighted by Crippen LogP contribution is 2.26. The zero-order valence-electron chi connectivity index (χ0n) is 17.6. The lowest BCUT2D eigenvalue weighted by Gasteiger charge is -2.14. The van der Waals surface area contributed by atoms with Crippen LogP contribution in [-0.4, -0.2) is 32.8 Å². The van der Waals surface area contributed by atoms with Gasteiger partial charge < -0.3 is 9.26 Å². The molecule has 0 bridgehead atoms. The number of hydrogen-bond donors (Lipinski definition) is 0. The molecule has 0 radical (unpaired) electrons.